The van der Waals surface area contributed by atoms with E-state index in [-0.39, 0.29) is 54.9 Å². The van der Waals surface area contributed by atoms with Gasteiger partial charge in [-0.15, -0.1) is 0 Å². The minimum Gasteiger partial charge on any atom is -0.492 e. The molecule has 1 aliphatic rings. The highest BCUT2D eigenvalue weighted by Crippen LogP contribution is 2.40. The molecule has 0 aliphatic carbocycles. The number of hydrogen-bond acceptors (Lipinski definition) is 5. The zero-order valence-corrected chi connectivity index (χ0v) is 21.9. The van der Waals surface area contributed by atoms with Crippen molar-refractivity contribution >= 4 is 53.4 Å². The molecule has 2 aromatic carbocycles. The van der Waals surface area contributed by atoms with Gasteiger partial charge < -0.3 is 24.6 Å². The van der Waals surface area contributed by atoms with Crippen LogP contribution in [-0.2, 0) is 17.9 Å². The Bertz CT molecular complexity index is 1540. The molecule has 1 fully saturated rings. The average Bonchev–Trinajstić information content (AvgIpc) is 2.88. The number of amides is 1. The molecule has 1 aliphatic heterocycles. The van der Waals surface area contributed by atoms with Crippen LogP contribution in [0.25, 0.3) is 10.9 Å². The van der Waals surface area contributed by atoms with Gasteiger partial charge in [0.2, 0.25) is 5.43 Å². The van der Waals surface area contributed by atoms with E-state index in [0.29, 0.717) is 15.2 Å². The number of halogens is 5. The fraction of sp³-hybridized carbons (Fsp3) is 0.346. The molecule has 4 rings (SSSR count). The Morgan fingerprint density at radius 3 is 2.48 bits per heavy atom. The molecule has 0 atom stereocenters. The summed E-state index contributed by atoms with van der Waals surface area (Å²) in [6.07, 6.45) is -3.64. The number of pyridine rings is 1. The summed E-state index contributed by atoms with van der Waals surface area (Å²) in [6, 6.07) is 5.30. The number of anilines is 1. The lowest BCUT2D eigenvalue weighted by Crippen LogP contribution is -2.37. The summed E-state index contributed by atoms with van der Waals surface area (Å²) in [7, 11) is 7.00. The Morgan fingerprint density at radius 1 is 1.23 bits per heavy atom. The summed E-state index contributed by atoms with van der Waals surface area (Å²) in [6.45, 7) is -1.54. The predicted molar refractivity (Wildman–Crippen MR) is 141 cm³/mol. The maximum atomic E-state index is 15.5. The molecule has 0 bridgehead atoms. The van der Waals surface area contributed by atoms with Crippen molar-refractivity contribution in [3.05, 3.63) is 62.7 Å². The van der Waals surface area contributed by atoms with E-state index in [0.717, 1.165) is 19.4 Å². The number of rotatable bonds is 7. The molecule has 1 amide bonds. The molecule has 14 heteroatoms. The number of nitrogens with zero attached hydrogens (tertiary/aromatic N) is 2. The summed E-state index contributed by atoms with van der Waals surface area (Å²) >= 11 is 5.87. The number of piperidine rings is 1. The van der Waals surface area contributed by atoms with Gasteiger partial charge in [-0.2, -0.15) is 13.2 Å². The minimum atomic E-state index is -4.77. The summed E-state index contributed by atoms with van der Waals surface area (Å²) in [5.74, 6) is -3.91. The first-order valence-corrected chi connectivity index (χ1v) is 12.5. The topological polar surface area (TPSA) is 101 Å². The van der Waals surface area contributed by atoms with E-state index in [9.17, 15) is 32.7 Å². The predicted octanol–water partition coefficient (Wildman–Crippen LogP) is 3.39. The first-order chi connectivity index (χ1) is 18.8. The largest absolute Gasteiger partial charge is 0.492 e. The first-order valence-electron chi connectivity index (χ1n) is 12.1. The lowest BCUT2D eigenvalue weighted by molar-refractivity contribution is -0.142. The average molecular weight is 580 g/mol. The van der Waals surface area contributed by atoms with E-state index in [1.807, 2.05) is 0 Å². The number of aromatic nitrogens is 1. The molecular formula is C26H23BClF4N3O5. The minimum absolute atomic E-state index is 0.105. The Hall–Kier alpha value is -3.74. The molecule has 1 aromatic heterocycles. The van der Waals surface area contributed by atoms with Gasteiger partial charge in [-0.1, -0.05) is 29.2 Å². The third-order valence-corrected chi connectivity index (χ3v) is 6.99. The van der Waals surface area contributed by atoms with Gasteiger partial charge in [0, 0.05) is 30.9 Å². The van der Waals surface area contributed by atoms with E-state index >= 15 is 4.39 Å². The van der Waals surface area contributed by atoms with Gasteiger partial charge in [0.15, 0.2) is 11.6 Å². The van der Waals surface area contributed by atoms with E-state index in [2.05, 4.69) is 5.32 Å². The van der Waals surface area contributed by atoms with Gasteiger partial charge >= 0.3 is 12.1 Å². The molecule has 2 N–H and O–H groups in total. The summed E-state index contributed by atoms with van der Waals surface area (Å²) in [5, 5.41) is 11.6. The number of alkyl halides is 3. The fourth-order valence-corrected chi connectivity index (χ4v) is 4.98. The number of carboxylic acids is 1. The van der Waals surface area contributed by atoms with Gasteiger partial charge in [0.1, 0.15) is 25.6 Å². The van der Waals surface area contributed by atoms with Crippen LogP contribution in [0.3, 0.4) is 0 Å². The number of carbonyl (C=O) groups excluding carboxylic acids is 1. The van der Waals surface area contributed by atoms with Crippen LogP contribution in [0.15, 0.2) is 35.3 Å². The lowest BCUT2D eigenvalue weighted by Gasteiger charge is -2.33. The molecule has 8 nitrogen and oxygen atoms in total. The first kappa shape index (κ1) is 29.3. The summed E-state index contributed by atoms with van der Waals surface area (Å²) in [4.78, 5) is 39.1. The molecule has 0 saturated carbocycles. The van der Waals surface area contributed by atoms with Crippen molar-refractivity contribution in [1.29, 1.82) is 0 Å². The number of aliphatic carboxylic acids is 1. The lowest BCUT2D eigenvalue weighted by atomic mass is 9.90. The van der Waals surface area contributed by atoms with Gasteiger partial charge in [-0.25, -0.2) is 4.39 Å². The van der Waals surface area contributed by atoms with Crippen LogP contribution in [0.5, 0.6) is 5.75 Å². The maximum absolute atomic E-state index is 15.5. The number of carboxylic acid groups (broad SMARTS) is 1. The van der Waals surface area contributed by atoms with Crippen LogP contribution in [0.2, 0.25) is 5.02 Å². The highest BCUT2D eigenvalue weighted by atomic mass is 35.5. The molecule has 210 valence electrons. The van der Waals surface area contributed by atoms with Crippen molar-refractivity contribution in [3.8, 4) is 5.75 Å². The van der Waals surface area contributed by atoms with E-state index in [1.165, 1.54) is 17.0 Å². The highest BCUT2D eigenvalue weighted by molar-refractivity contribution is 6.36. The molecule has 3 aromatic rings. The van der Waals surface area contributed by atoms with E-state index < -0.39 is 52.7 Å². The Balaban J connectivity index is 1.81. The molecule has 40 heavy (non-hydrogen) atoms. The fourth-order valence-electron chi connectivity index (χ4n) is 4.80. The standard InChI is InChI=1S/C26H23BClF4N3O5/c1-40-23-20-16(9-19(29)21(23)34-6-4-13(5-7-34)25(38)39)22(36)17(11-35(20)12-26(30,31)32)24(37)33-10-14-2-3-15(28)8-18(14)27/h2-3,8-9,11,13H,4-7,10,12H2,1H3,(H,33,37)(H,38,39). The number of carbonyl (C=O) groups is 2. The highest BCUT2D eigenvalue weighted by Gasteiger charge is 2.33. The van der Waals surface area contributed by atoms with Crippen molar-refractivity contribution < 1.29 is 37.0 Å². The van der Waals surface area contributed by atoms with Crippen molar-refractivity contribution in [3.63, 3.8) is 0 Å². The Kier molecular flexibility index (Phi) is 8.34. The number of benzene rings is 2. The van der Waals surface area contributed by atoms with Crippen LogP contribution in [-0.4, -0.2) is 55.8 Å². The van der Waals surface area contributed by atoms with Gasteiger partial charge in [-0.3, -0.25) is 14.4 Å². The van der Waals surface area contributed by atoms with Gasteiger partial charge in [0.25, 0.3) is 5.91 Å². The van der Waals surface area contributed by atoms with Crippen LogP contribution >= 0.6 is 11.6 Å². The second-order valence-corrected chi connectivity index (χ2v) is 9.81. The molecule has 0 unspecified atom stereocenters. The summed E-state index contributed by atoms with van der Waals surface area (Å²) < 4.78 is 62.4. The third kappa shape index (κ3) is 6.03. The van der Waals surface area contributed by atoms with E-state index in [1.54, 1.807) is 6.07 Å². The van der Waals surface area contributed by atoms with Gasteiger partial charge in [0.05, 0.1) is 23.9 Å². The summed E-state index contributed by atoms with van der Waals surface area (Å²) in [5.41, 5.74) is -1.46. The number of fused-ring (bicyclic) bond motifs is 1. The monoisotopic (exact) mass is 579 g/mol. The maximum Gasteiger partial charge on any atom is 0.406 e. The number of nitrogens with one attached hydrogen (secondary N) is 1. The number of methoxy groups -OCH3 is 1. The van der Waals surface area contributed by atoms with Crippen molar-refractivity contribution in [2.24, 2.45) is 5.92 Å². The zero-order valence-electron chi connectivity index (χ0n) is 21.1. The van der Waals surface area contributed by atoms with Crippen LogP contribution in [0.1, 0.15) is 28.8 Å². The SMILES string of the molecule is [B]c1cc(Cl)ccc1CNC(=O)c1cn(CC(F)(F)F)c2c(OC)c(N3CCC(C(=O)O)CC3)c(F)cc2c1=O. The van der Waals surface area contributed by atoms with Gasteiger partial charge in [-0.05, 0) is 30.5 Å². The smallest absolute Gasteiger partial charge is 0.406 e. The number of ether oxygens (including phenoxy) is 1. The zero-order chi connectivity index (χ0) is 29.4. The van der Waals surface area contributed by atoms with Crippen molar-refractivity contribution in [2.75, 3.05) is 25.1 Å². The molecule has 1 saturated heterocycles. The molecular weight excluding hydrogens is 557 g/mol. The Labute approximate surface area is 231 Å². The Morgan fingerprint density at radius 2 is 1.90 bits per heavy atom. The van der Waals surface area contributed by atoms with Crippen molar-refractivity contribution in [2.45, 2.75) is 32.1 Å². The normalized spacial score (nSPS) is 14.4. The van der Waals surface area contributed by atoms with Crippen molar-refractivity contribution in [1.82, 2.24) is 9.88 Å². The molecule has 2 radical (unpaired) electrons. The van der Waals surface area contributed by atoms with Crippen LogP contribution < -0.4 is 25.8 Å². The second kappa shape index (κ2) is 11.4. The van der Waals surface area contributed by atoms with Crippen LogP contribution in [0.4, 0.5) is 23.2 Å². The molecule has 0 spiro atoms. The second-order valence-electron chi connectivity index (χ2n) is 9.38. The van der Waals surface area contributed by atoms with E-state index in [4.69, 9.17) is 24.2 Å². The quantitative estimate of drug-likeness (QED) is 0.329. The molecule has 2 heterocycles. The number of hydrogen-bond donors (Lipinski definition) is 2. The van der Waals surface area contributed by atoms with Crippen LogP contribution in [0, 0.1) is 11.7 Å². The third-order valence-electron chi connectivity index (χ3n) is 6.75.